The summed E-state index contributed by atoms with van der Waals surface area (Å²) in [5.74, 6) is -0.499. The van der Waals surface area contributed by atoms with Crippen LogP contribution >= 0.6 is 0 Å². The zero-order chi connectivity index (χ0) is 15.8. The fourth-order valence-corrected chi connectivity index (χ4v) is 2.92. The van der Waals surface area contributed by atoms with Gasteiger partial charge in [0.15, 0.2) is 5.79 Å². The van der Waals surface area contributed by atoms with Gasteiger partial charge in [0.25, 0.3) is 5.69 Å². The summed E-state index contributed by atoms with van der Waals surface area (Å²) in [7, 11) is 0. The van der Waals surface area contributed by atoms with Crippen LogP contribution in [0.15, 0.2) is 24.3 Å². The first-order valence-electron chi connectivity index (χ1n) is 7.22. The Hall–Kier alpha value is -1.46. The van der Waals surface area contributed by atoms with E-state index in [2.05, 4.69) is 27.7 Å². The van der Waals surface area contributed by atoms with E-state index in [9.17, 15) is 10.1 Å². The number of nitrogens with zero attached hydrogens (tertiary/aromatic N) is 1. The van der Waals surface area contributed by atoms with Crippen LogP contribution in [0.4, 0.5) is 5.69 Å². The molecule has 0 bridgehead atoms. The number of benzene rings is 1. The molecule has 1 aliphatic heterocycles. The van der Waals surface area contributed by atoms with Crippen LogP contribution in [0.1, 0.15) is 40.2 Å². The van der Waals surface area contributed by atoms with Crippen LogP contribution in [0.2, 0.25) is 0 Å². The lowest BCUT2D eigenvalue weighted by atomic mass is 9.80. The predicted molar refractivity (Wildman–Crippen MR) is 79.9 cm³/mol. The zero-order valence-electron chi connectivity index (χ0n) is 13.3. The smallest absolute Gasteiger partial charge is 0.269 e. The SMILES string of the molecule is CC(C)C1OC(C)(c2ccc([N+](=O)[O-])cc2)OCC1(C)C. The van der Waals surface area contributed by atoms with E-state index >= 15 is 0 Å². The Kier molecular flexibility index (Phi) is 4.08. The number of non-ortho nitro benzene ring substituents is 1. The van der Waals surface area contributed by atoms with Gasteiger partial charge in [-0.25, -0.2) is 0 Å². The normalized spacial score (nSPS) is 28.6. The first-order valence-corrected chi connectivity index (χ1v) is 7.22. The second-order valence-corrected chi connectivity index (χ2v) is 6.81. The third kappa shape index (κ3) is 3.09. The van der Waals surface area contributed by atoms with Crippen molar-refractivity contribution in [3.63, 3.8) is 0 Å². The minimum Gasteiger partial charge on any atom is -0.345 e. The minimum atomic E-state index is -0.862. The fraction of sp³-hybridized carbons (Fsp3) is 0.625. The maximum atomic E-state index is 10.7. The van der Waals surface area contributed by atoms with Crippen LogP contribution in [-0.4, -0.2) is 17.6 Å². The molecule has 0 radical (unpaired) electrons. The van der Waals surface area contributed by atoms with Crippen molar-refractivity contribution in [1.82, 2.24) is 0 Å². The van der Waals surface area contributed by atoms with Gasteiger partial charge in [0.2, 0.25) is 0 Å². The monoisotopic (exact) mass is 293 g/mol. The second-order valence-electron chi connectivity index (χ2n) is 6.81. The molecule has 1 saturated heterocycles. The van der Waals surface area contributed by atoms with Gasteiger partial charge in [-0.05, 0) is 25.0 Å². The average Bonchev–Trinajstić information content (AvgIpc) is 2.41. The number of nitro benzene ring substituents is 1. The van der Waals surface area contributed by atoms with Crippen molar-refractivity contribution in [3.05, 3.63) is 39.9 Å². The van der Waals surface area contributed by atoms with Gasteiger partial charge in [-0.15, -0.1) is 0 Å². The highest BCUT2D eigenvalue weighted by molar-refractivity contribution is 5.34. The summed E-state index contributed by atoms with van der Waals surface area (Å²) in [6.45, 7) is 11.0. The summed E-state index contributed by atoms with van der Waals surface area (Å²) < 4.78 is 12.2. The van der Waals surface area contributed by atoms with Crippen molar-refractivity contribution >= 4 is 5.69 Å². The molecule has 0 N–H and O–H groups in total. The number of ether oxygens (including phenoxy) is 2. The lowest BCUT2D eigenvalue weighted by Crippen LogP contribution is -2.52. The molecule has 0 saturated carbocycles. The Labute approximate surface area is 125 Å². The zero-order valence-corrected chi connectivity index (χ0v) is 13.3. The van der Waals surface area contributed by atoms with Crippen LogP contribution < -0.4 is 0 Å². The molecule has 0 amide bonds. The summed E-state index contributed by atoms with van der Waals surface area (Å²) >= 11 is 0. The Balaban J connectivity index is 2.28. The van der Waals surface area contributed by atoms with Gasteiger partial charge in [-0.2, -0.15) is 0 Å². The molecule has 0 spiro atoms. The molecule has 2 unspecified atom stereocenters. The number of hydrogen-bond donors (Lipinski definition) is 0. The Bertz CT molecular complexity index is 524. The van der Waals surface area contributed by atoms with E-state index in [1.807, 2.05) is 6.92 Å². The van der Waals surface area contributed by atoms with E-state index in [-0.39, 0.29) is 17.2 Å². The quantitative estimate of drug-likeness (QED) is 0.627. The Morgan fingerprint density at radius 1 is 1.24 bits per heavy atom. The molecule has 5 heteroatoms. The molecule has 1 aromatic carbocycles. The highest BCUT2D eigenvalue weighted by Gasteiger charge is 2.46. The maximum absolute atomic E-state index is 10.7. The van der Waals surface area contributed by atoms with Crippen LogP contribution in [0.3, 0.4) is 0 Å². The van der Waals surface area contributed by atoms with E-state index in [0.717, 1.165) is 5.56 Å². The number of rotatable bonds is 3. The molecule has 5 nitrogen and oxygen atoms in total. The van der Waals surface area contributed by atoms with E-state index in [4.69, 9.17) is 9.47 Å². The van der Waals surface area contributed by atoms with E-state index in [1.165, 1.54) is 12.1 Å². The molecule has 2 atom stereocenters. The summed E-state index contributed by atoms with van der Waals surface area (Å²) in [5.41, 5.74) is 0.808. The highest BCUT2D eigenvalue weighted by atomic mass is 16.7. The maximum Gasteiger partial charge on any atom is 0.269 e. The van der Waals surface area contributed by atoms with Gasteiger partial charge < -0.3 is 9.47 Å². The molecule has 2 rings (SSSR count). The lowest BCUT2D eigenvalue weighted by molar-refractivity contribution is -0.385. The van der Waals surface area contributed by atoms with Crippen LogP contribution in [0.25, 0.3) is 0 Å². The van der Waals surface area contributed by atoms with Gasteiger partial charge in [-0.1, -0.05) is 27.7 Å². The molecular formula is C16H23NO4. The third-order valence-electron chi connectivity index (χ3n) is 4.05. The molecule has 1 heterocycles. The van der Waals surface area contributed by atoms with Gasteiger partial charge >= 0.3 is 0 Å². The van der Waals surface area contributed by atoms with Gasteiger partial charge in [0.05, 0.1) is 17.6 Å². The van der Waals surface area contributed by atoms with E-state index < -0.39 is 10.7 Å². The Morgan fingerprint density at radius 3 is 2.29 bits per heavy atom. The second kappa shape index (κ2) is 5.39. The molecule has 1 aromatic rings. The summed E-state index contributed by atoms with van der Waals surface area (Å²) in [6, 6.07) is 6.37. The first-order chi connectivity index (χ1) is 9.66. The van der Waals surface area contributed by atoms with E-state index in [1.54, 1.807) is 12.1 Å². The fourth-order valence-electron chi connectivity index (χ4n) is 2.92. The van der Waals surface area contributed by atoms with Crippen LogP contribution in [-0.2, 0) is 15.3 Å². The minimum absolute atomic E-state index is 0.0611. The Morgan fingerprint density at radius 2 is 1.81 bits per heavy atom. The first kappa shape index (κ1) is 15.9. The number of nitro groups is 1. The van der Waals surface area contributed by atoms with Crippen molar-refractivity contribution in [3.8, 4) is 0 Å². The summed E-state index contributed by atoms with van der Waals surface area (Å²) in [6.07, 6.45) is 0.0615. The van der Waals surface area contributed by atoms with Gasteiger partial charge in [-0.3, -0.25) is 10.1 Å². The molecule has 21 heavy (non-hydrogen) atoms. The lowest BCUT2D eigenvalue weighted by Gasteiger charge is -2.49. The third-order valence-corrected chi connectivity index (χ3v) is 4.05. The standard InChI is InChI=1S/C16H23NO4/c1-11(2)14-15(3,4)10-20-16(5,21-14)12-6-8-13(9-7-12)17(18)19/h6-9,11,14H,10H2,1-5H3. The van der Waals surface area contributed by atoms with Crippen molar-refractivity contribution in [2.75, 3.05) is 6.61 Å². The van der Waals surface area contributed by atoms with Crippen LogP contribution in [0.5, 0.6) is 0 Å². The van der Waals surface area contributed by atoms with Gasteiger partial charge in [0.1, 0.15) is 0 Å². The molecular weight excluding hydrogens is 270 g/mol. The van der Waals surface area contributed by atoms with Gasteiger partial charge in [0, 0.05) is 23.1 Å². The number of hydrogen-bond acceptors (Lipinski definition) is 4. The molecule has 1 fully saturated rings. The summed E-state index contributed by atoms with van der Waals surface area (Å²) in [4.78, 5) is 10.3. The van der Waals surface area contributed by atoms with Crippen molar-refractivity contribution in [2.24, 2.45) is 11.3 Å². The molecule has 1 aliphatic rings. The molecule has 116 valence electrons. The topological polar surface area (TPSA) is 61.6 Å². The average molecular weight is 293 g/mol. The largest absolute Gasteiger partial charge is 0.345 e. The van der Waals surface area contributed by atoms with Crippen molar-refractivity contribution in [1.29, 1.82) is 0 Å². The molecule has 0 aromatic heterocycles. The van der Waals surface area contributed by atoms with Crippen molar-refractivity contribution < 1.29 is 14.4 Å². The molecule has 0 aliphatic carbocycles. The predicted octanol–water partition coefficient (Wildman–Crippen LogP) is 3.87. The summed E-state index contributed by atoms with van der Waals surface area (Å²) in [5, 5.41) is 10.7. The van der Waals surface area contributed by atoms with Crippen LogP contribution in [0, 0.1) is 21.4 Å². The van der Waals surface area contributed by atoms with Crippen molar-refractivity contribution in [2.45, 2.75) is 46.5 Å². The highest BCUT2D eigenvalue weighted by Crippen LogP contribution is 2.43. The van der Waals surface area contributed by atoms with E-state index in [0.29, 0.717) is 12.5 Å².